The summed E-state index contributed by atoms with van der Waals surface area (Å²) in [5.74, 6) is -0.543. The molecule has 2 aliphatic rings. The first-order chi connectivity index (χ1) is 15.1. The van der Waals surface area contributed by atoms with Crippen molar-refractivity contribution in [1.29, 1.82) is 0 Å². The lowest BCUT2D eigenvalue weighted by Gasteiger charge is -2.33. The SMILES string of the molecule is CN(C)S(=O)(=O)c1ccc2c(c1)CCN2C(=O)[C@@H]1CCCN(S(=O)(=O)c2ccccc2)C1. The summed E-state index contributed by atoms with van der Waals surface area (Å²) in [5.41, 5.74) is 1.52. The minimum absolute atomic E-state index is 0.111. The number of benzene rings is 2. The average molecular weight is 478 g/mol. The van der Waals surface area contributed by atoms with Crippen molar-refractivity contribution in [2.75, 3.05) is 38.6 Å². The van der Waals surface area contributed by atoms with Crippen LogP contribution in [0.3, 0.4) is 0 Å². The molecule has 2 aromatic carbocycles. The number of fused-ring (bicyclic) bond motifs is 1. The zero-order valence-electron chi connectivity index (χ0n) is 18.1. The third-order valence-corrected chi connectivity index (χ3v) is 9.80. The normalized spacial score (nSPS) is 19.8. The number of piperidine rings is 1. The summed E-state index contributed by atoms with van der Waals surface area (Å²) in [4.78, 5) is 15.4. The van der Waals surface area contributed by atoms with Crippen molar-refractivity contribution >= 4 is 31.6 Å². The summed E-state index contributed by atoms with van der Waals surface area (Å²) in [7, 11) is -4.24. The molecule has 1 saturated heterocycles. The molecular formula is C22H27N3O5S2. The quantitative estimate of drug-likeness (QED) is 0.656. The summed E-state index contributed by atoms with van der Waals surface area (Å²) in [5, 5.41) is 0. The number of sulfonamides is 2. The van der Waals surface area contributed by atoms with Crippen LogP contribution in [-0.4, -0.2) is 65.1 Å². The van der Waals surface area contributed by atoms with Gasteiger partial charge in [-0.1, -0.05) is 18.2 Å². The highest BCUT2D eigenvalue weighted by Crippen LogP contribution is 2.33. The van der Waals surface area contributed by atoms with E-state index in [2.05, 4.69) is 0 Å². The van der Waals surface area contributed by atoms with Gasteiger partial charge in [-0.2, -0.15) is 4.31 Å². The van der Waals surface area contributed by atoms with Crippen molar-refractivity contribution in [3.63, 3.8) is 0 Å². The van der Waals surface area contributed by atoms with Crippen LogP contribution in [0.25, 0.3) is 0 Å². The van der Waals surface area contributed by atoms with Gasteiger partial charge in [0.05, 0.1) is 15.7 Å². The first-order valence-corrected chi connectivity index (χ1v) is 13.4. The van der Waals surface area contributed by atoms with E-state index in [1.165, 1.54) is 24.5 Å². The van der Waals surface area contributed by atoms with E-state index < -0.39 is 26.0 Å². The van der Waals surface area contributed by atoms with Gasteiger partial charge in [0.1, 0.15) is 0 Å². The molecule has 8 nitrogen and oxygen atoms in total. The molecule has 0 spiro atoms. The van der Waals surface area contributed by atoms with Crippen LogP contribution >= 0.6 is 0 Å². The second-order valence-electron chi connectivity index (χ2n) is 8.33. The summed E-state index contributed by atoms with van der Waals surface area (Å²) in [6.07, 6.45) is 1.80. The zero-order chi connectivity index (χ0) is 23.1. The molecule has 0 unspecified atom stereocenters. The van der Waals surface area contributed by atoms with Crippen LogP contribution < -0.4 is 4.90 Å². The van der Waals surface area contributed by atoms with Crippen LogP contribution in [0.4, 0.5) is 5.69 Å². The van der Waals surface area contributed by atoms with Gasteiger partial charge >= 0.3 is 0 Å². The molecule has 1 amide bonds. The van der Waals surface area contributed by atoms with Crippen molar-refractivity contribution in [3.8, 4) is 0 Å². The molecule has 10 heteroatoms. The maximum atomic E-state index is 13.3. The van der Waals surface area contributed by atoms with Gasteiger partial charge in [0.15, 0.2) is 0 Å². The number of nitrogens with zero attached hydrogens (tertiary/aromatic N) is 3. The molecule has 1 atom stereocenters. The molecule has 0 saturated carbocycles. The van der Waals surface area contributed by atoms with Crippen LogP contribution in [0.5, 0.6) is 0 Å². The van der Waals surface area contributed by atoms with Crippen molar-refractivity contribution in [3.05, 3.63) is 54.1 Å². The predicted octanol–water partition coefficient (Wildman–Crippen LogP) is 1.93. The van der Waals surface area contributed by atoms with E-state index in [9.17, 15) is 21.6 Å². The molecule has 0 aromatic heterocycles. The van der Waals surface area contributed by atoms with Crippen LogP contribution in [0, 0.1) is 5.92 Å². The first-order valence-electron chi connectivity index (χ1n) is 10.5. The Hall–Kier alpha value is -2.27. The van der Waals surface area contributed by atoms with E-state index in [0.717, 1.165) is 9.87 Å². The molecule has 2 aromatic rings. The van der Waals surface area contributed by atoms with E-state index >= 15 is 0 Å². The lowest BCUT2D eigenvalue weighted by Crippen LogP contribution is -2.46. The number of rotatable bonds is 5. The van der Waals surface area contributed by atoms with Crippen LogP contribution in [-0.2, 0) is 31.3 Å². The standard InChI is InChI=1S/C22H27N3O5S2/c1-23(2)31(27,28)20-10-11-21-17(15-20)12-14-25(21)22(26)18-7-6-13-24(16-18)32(29,30)19-8-4-3-5-9-19/h3-5,8-11,15,18H,6-7,12-14,16H2,1-2H3/t18-/m1/s1. The predicted molar refractivity (Wildman–Crippen MR) is 121 cm³/mol. The number of hydrogen-bond donors (Lipinski definition) is 0. The molecule has 4 rings (SSSR count). The molecule has 1 fully saturated rings. The number of amides is 1. The number of hydrogen-bond acceptors (Lipinski definition) is 5. The van der Waals surface area contributed by atoms with E-state index in [-0.39, 0.29) is 22.2 Å². The van der Waals surface area contributed by atoms with Crippen LogP contribution in [0.15, 0.2) is 58.3 Å². The summed E-state index contributed by atoms with van der Waals surface area (Å²) >= 11 is 0. The van der Waals surface area contributed by atoms with Crippen molar-refractivity contribution in [2.24, 2.45) is 5.92 Å². The third kappa shape index (κ3) is 4.07. The molecule has 0 N–H and O–H groups in total. The Bertz CT molecular complexity index is 1230. The minimum atomic E-state index is -3.65. The Balaban J connectivity index is 1.54. The number of anilines is 1. The highest BCUT2D eigenvalue weighted by atomic mass is 32.2. The highest BCUT2D eigenvalue weighted by Gasteiger charge is 2.37. The number of carbonyl (C=O) groups is 1. The summed E-state index contributed by atoms with van der Waals surface area (Å²) < 4.78 is 53.4. The van der Waals surface area contributed by atoms with E-state index in [0.29, 0.717) is 38.0 Å². The Morgan fingerprint density at radius 2 is 1.69 bits per heavy atom. The summed E-state index contributed by atoms with van der Waals surface area (Å²) in [6.45, 7) is 1.000. The fraction of sp³-hybridized carbons (Fsp3) is 0.409. The monoisotopic (exact) mass is 477 g/mol. The molecule has 0 bridgehead atoms. The average Bonchev–Trinajstić information content (AvgIpc) is 3.22. The first kappa shape index (κ1) is 22.9. The lowest BCUT2D eigenvalue weighted by molar-refractivity contribution is -0.123. The maximum Gasteiger partial charge on any atom is 0.243 e. The van der Waals surface area contributed by atoms with Gasteiger partial charge in [-0.25, -0.2) is 21.1 Å². The molecule has 0 radical (unpaired) electrons. The van der Waals surface area contributed by atoms with E-state index in [1.54, 1.807) is 47.4 Å². The number of carbonyl (C=O) groups excluding carboxylic acids is 1. The largest absolute Gasteiger partial charge is 0.312 e. The van der Waals surface area contributed by atoms with Crippen molar-refractivity contribution in [1.82, 2.24) is 8.61 Å². The Morgan fingerprint density at radius 3 is 2.38 bits per heavy atom. The van der Waals surface area contributed by atoms with E-state index in [4.69, 9.17) is 0 Å². The Morgan fingerprint density at radius 1 is 0.969 bits per heavy atom. The van der Waals surface area contributed by atoms with Crippen LogP contribution in [0.1, 0.15) is 18.4 Å². The lowest BCUT2D eigenvalue weighted by atomic mass is 9.98. The molecule has 0 aliphatic carbocycles. The second kappa shape index (κ2) is 8.58. The highest BCUT2D eigenvalue weighted by molar-refractivity contribution is 7.89. The van der Waals surface area contributed by atoms with E-state index in [1.807, 2.05) is 0 Å². The fourth-order valence-corrected chi connectivity index (χ4v) is 6.80. The topological polar surface area (TPSA) is 95.1 Å². The van der Waals surface area contributed by atoms with Gasteiger partial charge in [-0.3, -0.25) is 4.79 Å². The fourth-order valence-electron chi connectivity index (χ4n) is 4.30. The Kier molecular flexibility index (Phi) is 6.15. The van der Waals surface area contributed by atoms with Gasteiger partial charge in [-0.05, 0) is 55.2 Å². The maximum absolute atomic E-state index is 13.3. The van der Waals surface area contributed by atoms with Crippen molar-refractivity contribution in [2.45, 2.75) is 29.1 Å². The Labute approximate surface area is 189 Å². The second-order valence-corrected chi connectivity index (χ2v) is 12.4. The smallest absolute Gasteiger partial charge is 0.243 e. The molecule has 32 heavy (non-hydrogen) atoms. The van der Waals surface area contributed by atoms with Gasteiger partial charge in [0.2, 0.25) is 26.0 Å². The summed E-state index contributed by atoms with van der Waals surface area (Å²) in [6, 6.07) is 13.1. The van der Waals surface area contributed by atoms with Gasteiger partial charge in [0, 0.05) is 39.4 Å². The minimum Gasteiger partial charge on any atom is -0.312 e. The van der Waals surface area contributed by atoms with Crippen molar-refractivity contribution < 1.29 is 21.6 Å². The third-order valence-electron chi connectivity index (χ3n) is 6.11. The zero-order valence-corrected chi connectivity index (χ0v) is 19.8. The molecule has 172 valence electrons. The van der Waals surface area contributed by atoms with Gasteiger partial charge in [-0.15, -0.1) is 0 Å². The van der Waals surface area contributed by atoms with Gasteiger partial charge < -0.3 is 4.90 Å². The van der Waals surface area contributed by atoms with Crippen LogP contribution in [0.2, 0.25) is 0 Å². The van der Waals surface area contributed by atoms with Gasteiger partial charge in [0.25, 0.3) is 0 Å². The molecule has 2 heterocycles. The molecular weight excluding hydrogens is 450 g/mol. The molecule has 2 aliphatic heterocycles.